The van der Waals surface area contributed by atoms with E-state index in [4.69, 9.17) is 19.4 Å². The van der Waals surface area contributed by atoms with Crippen molar-refractivity contribution < 1.29 is 24.2 Å². The van der Waals surface area contributed by atoms with Gasteiger partial charge in [-0.2, -0.15) is 5.10 Å². The van der Waals surface area contributed by atoms with Crippen LogP contribution in [0.3, 0.4) is 0 Å². The molecule has 0 spiro atoms. The molecule has 49 heavy (non-hydrogen) atoms. The highest BCUT2D eigenvalue weighted by atomic mass is 16.6. The van der Waals surface area contributed by atoms with E-state index in [1.54, 1.807) is 18.2 Å². The molecule has 3 aromatic heterocycles. The van der Waals surface area contributed by atoms with Crippen LogP contribution in [0, 0.1) is 18.8 Å². The molecule has 0 radical (unpaired) electrons. The van der Waals surface area contributed by atoms with Gasteiger partial charge in [-0.15, -0.1) is 0 Å². The predicted octanol–water partition coefficient (Wildman–Crippen LogP) is 6.70. The van der Waals surface area contributed by atoms with E-state index in [1.165, 1.54) is 6.42 Å². The monoisotopic (exact) mass is 672 g/mol. The third-order valence-electron chi connectivity index (χ3n) is 10.8. The van der Waals surface area contributed by atoms with E-state index < -0.39 is 0 Å². The zero-order valence-electron chi connectivity index (χ0n) is 29.3. The van der Waals surface area contributed by atoms with Crippen LogP contribution >= 0.6 is 0 Å². The van der Waals surface area contributed by atoms with Gasteiger partial charge >= 0.3 is 6.09 Å². The quantitative estimate of drug-likeness (QED) is 0.253. The van der Waals surface area contributed by atoms with Crippen LogP contribution in [-0.4, -0.2) is 81.2 Å². The Morgan fingerprint density at radius 1 is 1.00 bits per heavy atom. The van der Waals surface area contributed by atoms with Crippen LogP contribution in [-0.2, 0) is 9.53 Å². The zero-order chi connectivity index (χ0) is 34.3. The number of aliphatic hydroxyl groups excluding tert-OH is 1. The predicted molar refractivity (Wildman–Crippen MR) is 187 cm³/mol. The van der Waals surface area contributed by atoms with Crippen LogP contribution in [0.25, 0.3) is 11.1 Å². The Morgan fingerprint density at radius 3 is 2.47 bits per heavy atom. The number of hydrogen-bond acceptors (Lipinski definition) is 8. The topological polar surface area (TPSA) is 123 Å². The molecular weight excluding hydrogens is 620 g/mol. The molecule has 0 aromatic carbocycles. The van der Waals surface area contributed by atoms with Crippen LogP contribution in [0.5, 0.6) is 5.75 Å². The van der Waals surface area contributed by atoms with Crippen molar-refractivity contribution in [3.8, 4) is 16.9 Å². The fourth-order valence-corrected chi connectivity index (χ4v) is 7.66. The van der Waals surface area contributed by atoms with Crippen LogP contribution in [0.1, 0.15) is 101 Å². The number of amides is 2. The number of methoxy groups -OCH3 is 1. The van der Waals surface area contributed by atoms with E-state index in [-0.39, 0.29) is 36.7 Å². The number of aliphatic hydroxyl groups is 1. The molecule has 2 saturated carbocycles. The number of nitrogens with zero attached hydrogens (tertiary/aromatic N) is 6. The molecule has 4 heterocycles. The molecule has 11 nitrogen and oxygen atoms in total. The second-order valence-corrected chi connectivity index (χ2v) is 14.3. The molecule has 11 heteroatoms. The van der Waals surface area contributed by atoms with Gasteiger partial charge in [0.25, 0.3) is 0 Å². The molecule has 2 amide bonds. The smallest absolute Gasteiger partial charge is 0.409 e. The Balaban J connectivity index is 1.12. The third kappa shape index (κ3) is 8.60. The van der Waals surface area contributed by atoms with Gasteiger partial charge in [0.2, 0.25) is 5.91 Å². The van der Waals surface area contributed by atoms with Gasteiger partial charge in [-0.05, 0) is 101 Å². The minimum absolute atomic E-state index is 0.0448. The van der Waals surface area contributed by atoms with E-state index in [0.29, 0.717) is 50.1 Å². The number of piperidine rings is 1. The van der Waals surface area contributed by atoms with Crippen molar-refractivity contribution >= 4 is 17.8 Å². The Hall–Kier alpha value is -3.99. The highest BCUT2D eigenvalue weighted by Crippen LogP contribution is 2.38. The summed E-state index contributed by atoms with van der Waals surface area (Å²) in [5, 5.41) is 14.3. The van der Waals surface area contributed by atoms with Crippen molar-refractivity contribution in [2.75, 3.05) is 38.3 Å². The number of ether oxygens (including phenoxy) is 2. The largest absolute Gasteiger partial charge is 0.495 e. The average Bonchev–Trinajstić information content (AvgIpc) is 3.64. The Bertz CT molecular complexity index is 1560. The summed E-state index contributed by atoms with van der Waals surface area (Å²) in [6.45, 7) is 5.84. The summed E-state index contributed by atoms with van der Waals surface area (Å²) in [6.07, 6.45) is 15.5. The standard InChI is InChI=1S/C38H52N6O5/c1-26(25-49-38(47)42-19-16-33(45)17-20-42)44-24-32(22-40-44)31-15-18-39-36(21-31)43(37(46)30-7-5-4-6-8-30)23-28-9-11-29(12-10-28)34-13-14-35(48-3)27(2)41-34/h13-15,18,21-22,24,26,28-30,33,45H,4-12,16-17,19-20,23,25H2,1-3H3. The maximum atomic E-state index is 14.1. The lowest BCUT2D eigenvalue weighted by atomic mass is 9.79. The molecule has 1 aliphatic heterocycles. The molecule has 1 saturated heterocycles. The summed E-state index contributed by atoms with van der Waals surface area (Å²) in [4.78, 5) is 39.9. The second kappa shape index (κ2) is 16.1. The third-order valence-corrected chi connectivity index (χ3v) is 10.8. The fraction of sp³-hybridized carbons (Fsp3) is 0.605. The summed E-state index contributed by atoms with van der Waals surface area (Å²) in [7, 11) is 1.68. The van der Waals surface area contributed by atoms with Crippen molar-refractivity contribution in [2.24, 2.45) is 11.8 Å². The molecular formula is C38H52N6O5. The first kappa shape index (κ1) is 34.9. The summed E-state index contributed by atoms with van der Waals surface area (Å²) >= 11 is 0. The summed E-state index contributed by atoms with van der Waals surface area (Å²) in [5.41, 5.74) is 3.92. The first-order chi connectivity index (χ1) is 23.8. The lowest BCUT2D eigenvalue weighted by molar-refractivity contribution is -0.123. The number of aromatic nitrogens is 4. The van der Waals surface area contributed by atoms with Crippen molar-refractivity contribution in [3.05, 3.63) is 54.2 Å². The van der Waals surface area contributed by atoms with Gasteiger partial charge in [-0.25, -0.2) is 9.78 Å². The highest BCUT2D eigenvalue weighted by molar-refractivity contribution is 5.94. The van der Waals surface area contributed by atoms with E-state index in [1.807, 2.05) is 54.0 Å². The maximum Gasteiger partial charge on any atom is 0.409 e. The normalized spacial score (nSPS) is 21.3. The molecule has 1 atom stereocenters. The van der Waals surface area contributed by atoms with Gasteiger partial charge in [-0.1, -0.05) is 19.3 Å². The van der Waals surface area contributed by atoms with Crippen molar-refractivity contribution in [2.45, 2.75) is 103 Å². The SMILES string of the molecule is COc1ccc(C2CCC(CN(C(=O)C3CCCCC3)c3cc(-c4cnn(C(C)COC(=O)N5CCC(O)CC5)c4)ccn3)CC2)nc1C. The van der Waals surface area contributed by atoms with Crippen molar-refractivity contribution in [3.63, 3.8) is 0 Å². The van der Waals surface area contributed by atoms with Crippen LogP contribution in [0.2, 0.25) is 0 Å². The average molecular weight is 673 g/mol. The Labute approximate surface area is 290 Å². The van der Waals surface area contributed by atoms with Gasteiger partial charge in [-0.3, -0.25) is 19.4 Å². The number of rotatable bonds is 10. The molecule has 3 fully saturated rings. The molecule has 3 aromatic rings. The van der Waals surface area contributed by atoms with E-state index in [2.05, 4.69) is 11.2 Å². The zero-order valence-corrected chi connectivity index (χ0v) is 29.3. The van der Waals surface area contributed by atoms with Crippen molar-refractivity contribution in [1.82, 2.24) is 24.6 Å². The fourth-order valence-electron chi connectivity index (χ4n) is 7.66. The van der Waals surface area contributed by atoms with Gasteiger partial charge < -0.3 is 19.5 Å². The van der Waals surface area contributed by atoms with E-state index >= 15 is 0 Å². The molecule has 3 aliphatic rings. The van der Waals surface area contributed by atoms with E-state index in [9.17, 15) is 14.7 Å². The van der Waals surface area contributed by atoms with Gasteiger partial charge in [0.1, 0.15) is 18.2 Å². The number of hydrogen-bond donors (Lipinski definition) is 1. The minimum atomic E-state index is -0.353. The highest BCUT2D eigenvalue weighted by Gasteiger charge is 2.32. The first-order valence-corrected chi connectivity index (χ1v) is 18.2. The van der Waals surface area contributed by atoms with Crippen LogP contribution in [0.15, 0.2) is 42.9 Å². The molecule has 1 unspecified atom stereocenters. The molecule has 0 bridgehead atoms. The second-order valence-electron chi connectivity index (χ2n) is 14.3. The Kier molecular flexibility index (Phi) is 11.5. The molecule has 2 aliphatic carbocycles. The van der Waals surface area contributed by atoms with Gasteiger partial charge in [0.15, 0.2) is 0 Å². The lowest BCUT2D eigenvalue weighted by Crippen LogP contribution is -2.41. The summed E-state index contributed by atoms with van der Waals surface area (Å²) in [6, 6.07) is 7.94. The van der Waals surface area contributed by atoms with Gasteiger partial charge in [0.05, 0.1) is 31.1 Å². The molecule has 264 valence electrons. The Morgan fingerprint density at radius 2 is 1.76 bits per heavy atom. The molecule has 6 rings (SSSR count). The summed E-state index contributed by atoms with van der Waals surface area (Å²) in [5.74, 6) is 2.59. The summed E-state index contributed by atoms with van der Waals surface area (Å²) < 4.78 is 12.8. The minimum Gasteiger partial charge on any atom is -0.495 e. The first-order valence-electron chi connectivity index (χ1n) is 18.2. The number of aryl methyl sites for hydroxylation is 1. The number of anilines is 1. The van der Waals surface area contributed by atoms with Crippen molar-refractivity contribution in [1.29, 1.82) is 0 Å². The van der Waals surface area contributed by atoms with Crippen LogP contribution < -0.4 is 9.64 Å². The number of carbonyl (C=O) groups is 2. The van der Waals surface area contributed by atoms with E-state index in [0.717, 1.165) is 79.6 Å². The number of carbonyl (C=O) groups excluding carboxylic acids is 2. The lowest BCUT2D eigenvalue weighted by Gasteiger charge is -2.34. The van der Waals surface area contributed by atoms with Crippen LogP contribution in [0.4, 0.5) is 10.6 Å². The number of pyridine rings is 2. The number of likely N-dealkylation sites (tertiary alicyclic amines) is 1. The van der Waals surface area contributed by atoms with Gasteiger partial charge in [0, 0.05) is 55.1 Å². The maximum absolute atomic E-state index is 14.1. The molecule has 1 N–H and O–H groups in total.